The van der Waals surface area contributed by atoms with Gasteiger partial charge in [0.1, 0.15) is 17.1 Å². The number of nitrogens with one attached hydrogen (secondary N) is 3. The predicted molar refractivity (Wildman–Crippen MR) is 190 cm³/mol. The number of amides is 2. The SMILES string of the molecule is C[C@@H]1CN(Cc2cccc(-c3cccc(Oc4ncc(F)cc4C(=O)NC4CCC(NC(=O)c5cc6ccccn6n5)CC4)c3)c2)C[C@H](C)N1. The molecule has 1 saturated carbocycles. The van der Waals surface area contributed by atoms with Gasteiger partial charge in [-0.15, -0.1) is 0 Å². The highest BCUT2D eigenvalue weighted by molar-refractivity contribution is 5.96. The Hall–Kier alpha value is -5.13. The van der Waals surface area contributed by atoms with Gasteiger partial charge in [0.2, 0.25) is 5.88 Å². The Balaban J connectivity index is 0.970. The number of carbonyl (C=O) groups is 2. The number of aromatic nitrogens is 3. The molecule has 4 heterocycles. The van der Waals surface area contributed by atoms with E-state index in [1.165, 1.54) is 5.56 Å². The summed E-state index contributed by atoms with van der Waals surface area (Å²) in [6.07, 6.45) is 5.56. The lowest BCUT2D eigenvalue weighted by atomic mass is 9.91. The van der Waals surface area contributed by atoms with E-state index in [1.807, 2.05) is 36.4 Å². The Labute approximate surface area is 291 Å². The number of piperazine rings is 1. The maximum absolute atomic E-state index is 14.4. The van der Waals surface area contributed by atoms with Crippen molar-refractivity contribution in [3.63, 3.8) is 0 Å². The summed E-state index contributed by atoms with van der Waals surface area (Å²) in [5, 5.41) is 14.0. The smallest absolute Gasteiger partial charge is 0.272 e. The third-order valence-corrected chi connectivity index (χ3v) is 9.41. The zero-order valence-electron chi connectivity index (χ0n) is 28.3. The molecule has 258 valence electrons. The monoisotopic (exact) mass is 675 g/mol. The highest BCUT2D eigenvalue weighted by Gasteiger charge is 2.27. The van der Waals surface area contributed by atoms with Gasteiger partial charge in [-0.05, 0) is 98.7 Å². The fraction of sp³-hybridized carbons (Fsp3) is 0.333. The molecule has 1 saturated heterocycles. The Morgan fingerprint density at radius 2 is 1.56 bits per heavy atom. The van der Waals surface area contributed by atoms with Gasteiger partial charge in [0.25, 0.3) is 11.8 Å². The molecule has 0 unspecified atom stereocenters. The van der Waals surface area contributed by atoms with Crippen molar-refractivity contribution in [2.45, 2.75) is 70.2 Å². The molecule has 11 heteroatoms. The van der Waals surface area contributed by atoms with Gasteiger partial charge in [-0.1, -0.05) is 36.4 Å². The van der Waals surface area contributed by atoms with E-state index in [4.69, 9.17) is 4.74 Å². The van der Waals surface area contributed by atoms with E-state index in [0.29, 0.717) is 49.2 Å². The van der Waals surface area contributed by atoms with Crippen LogP contribution in [0.2, 0.25) is 0 Å². The first kappa shape index (κ1) is 33.4. The van der Waals surface area contributed by atoms with Crippen molar-refractivity contribution in [3.05, 3.63) is 114 Å². The van der Waals surface area contributed by atoms with Gasteiger partial charge in [-0.25, -0.2) is 13.9 Å². The number of carbonyl (C=O) groups excluding carboxylic acids is 2. The maximum Gasteiger partial charge on any atom is 0.272 e. The number of benzene rings is 2. The highest BCUT2D eigenvalue weighted by Crippen LogP contribution is 2.30. The molecular weight excluding hydrogens is 633 g/mol. The quantitative estimate of drug-likeness (QED) is 0.176. The van der Waals surface area contributed by atoms with Gasteiger partial charge in [-0.2, -0.15) is 5.10 Å². The van der Waals surface area contributed by atoms with Crippen molar-refractivity contribution < 1.29 is 18.7 Å². The van der Waals surface area contributed by atoms with E-state index in [2.05, 4.69) is 69.0 Å². The van der Waals surface area contributed by atoms with Crippen LogP contribution in [0, 0.1) is 5.82 Å². The van der Waals surface area contributed by atoms with Gasteiger partial charge in [0.05, 0.1) is 11.7 Å². The third kappa shape index (κ3) is 8.01. The van der Waals surface area contributed by atoms with Crippen molar-refractivity contribution in [1.29, 1.82) is 0 Å². The minimum atomic E-state index is -0.625. The summed E-state index contributed by atoms with van der Waals surface area (Å²) in [5.41, 5.74) is 4.50. The number of hydrogen-bond donors (Lipinski definition) is 3. The molecule has 2 aromatic carbocycles. The predicted octanol–water partition coefficient (Wildman–Crippen LogP) is 5.98. The van der Waals surface area contributed by atoms with Crippen LogP contribution in [0.4, 0.5) is 4.39 Å². The number of pyridine rings is 2. The fourth-order valence-electron chi connectivity index (χ4n) is 7.15. The first-order chi connectivity index (χ1) is 24.3. The molecule has 2 fully saturated rings. The van der Waals surface area contributed by atoms with Crippen LogP contribution in [-0.4, -0.2) is 68.6 Å². The van der Waals surface area contributed by atoms with E-state index in [0.717, 1.165) is 48.5 Å². The van der Waals surface area contributed by atoms with Crippen molar-refractivity contribution in [1.82, 2.24) is 35.4 Å². The van der Waals surface area contributed by atoms with Crippen LogP contribution in [0.1, 0.15) is 65.9 Å². The van der Waals surface area contributed by atoms with Crippen molar-refractivity contribution >= 4 is 17.3 Å². The summed E-state index contributed by atoms with van der Waals surface area (Å²) in [7, 11) is 0. The topological polar surface area (TPSA) is 113 Å². The third-order valence-electron chi connectivity index (χ3n) is 9.41. The summed E-state index contributed by atoms with van der Waals surface area (Å²) in [6.45, 7) is 7.31. The first-order valence-corrected chi connectivity index (χ1v) is 17.3. The van der Waals surface area contributed by atoms with E-state index < -0.39 is 11.7 Å². The molecule has 2 aliphatic rings. The van der Waals surface area contributed by atoms with Crippen molar-refractivity contribution in [2.75, 3.05) is 13.1 Å². The second kappa shape index (κ2) is 14.8. The number of nitrogens with zero attached hydrogens (tertiary/aromatic N) is 4. The summed E-state index contributed by atoms with van der Waals surface area (Å²) in [5.74, 6) is -0.771. The zero-order chi connectivity index (χ0) is 34.6. The Bertz CT molecular complexity index is 1950. The Kier molecular flexibility index (Phi) is 9.86. The van der Waals surface area contributed by atoms with Crippen LogP contribution >= 0.6 is 0 Å². The maximum atomic E-state index is 14.4. The molecule has 3 aromatic heterocycles. The molecule has 1 aliphatic heterocycles. The largest absolute Gasteiger partial charge is 0.438 e. The van der Waals surface area contributed by atoms with Crippen LogP contribution in [0.3, 0.4) is 0 Å². The Morgan fingerprint density at radius 1 is 0.860 bits per heavy atom. The van der Waals surface area contributed by atoms with E-state index in [1.54, 1.807) is 22.8 Å². The van der Waals surface area contributed by atoms with Crippen LogP contribution in [-0.2, 0) is 6.54 Å². The van der Waals surface area contributed by atoms with E-state index >= 15 is 0 Å². The van der Waals surface area contributed by atoms with Gasteiger partial charge in [0.15, 0.2) is 5.69 Å². The summed E-state index contributed by atoms with van der Waals surface area (Å²) in [6, 6.07) is 25.4. The molecule has 2 atom stereocenters. The summed E-state index contributed by atoms with van der Waals surface area (Å²) < 4.78 is 22.2. The van der Waals surface area contributed by atoms with E-state index in [-0.39, 0.29) is 29.4 Å². The number of fused-ring (bicyclic) bond motifs is 1. The number of hydrogen-bond acceptors (Lipinski definition) is 7. The van der Waals surface area contributed by atoms with Crippen LogP contribution < -0.4 is 20.7 Å². The molecule has 7 rings (SSSR count). The lowest BCUT2D eigenvalue weighted by Crippen LogP contribution is -2.53. The van der Waals surface area contributed by atoms with Gasteiger partial charge in [0, 0.05) is 50.0 Å². The molecule has 0 radical (unpaired) electrons. The molecule has 2 amide bonds. The lowest BCUT2D eigenvalue weighted by molar-refractivity contribution is 0.0887. The average Bonchev–Trinajstić information content (AvgIpc) is 3.55. The minimum absolute atomic E-state index is 0.0270. The van der Waals surface area contributed by atoms with Crippen LogP contribution in [0.15, 0.2) is 91.3 Å². The minimum Gasteiger partial charge on any atom is -0.438 e. The summed E-state index contributed by atoms with van der Waals surface area (Å²) in [4.78, 5) is 32.9. The van der Waals surface area contributed by atoms with Gasteiger partial charge < -0.3 is 20.7 Å². The molecule has 5 aromatic rings. The second-order valence-corrected chi connectivity index (χ2v) is 13.6. The van der Waals surface area contributed by atoms with Crippen LogP contribution in [0.5, 0.6) is 11.6 Å². The Morgan fingerprint density at radius 3 is 2.30 bits per heavy atom. The molecule has 3 N–H and O–H groups in total. The second-order valence-electron chi connectivity index (χ2n) is 13.6. The molecule has 50 heavy (non-hydrogen) atoms. The van der Waals surface area contributed by atoms with Crippen LogP contribution in [0.25, 0.3) is 16.6 Å². The van der Waals surface area contributed by atoms with E-state index in [9.17, 15) is 14.0 Å². The summed E-state index contributed by atoms with van der Waals surface area (Å²) >= 11 is 0. The zero-order valence-corrected chi connectivity index (χ0v) is 28.3. The van der Waals surface area contributed by atoms with Crippen molar-refractivity contribution in [2.24, 2.45) is 0 Å². The van der Waals surface area contributed by atoms with Gasteiger partial charge in [-0.3, -0.25) is 14.5 Å². The number of ether oxygens (including phenoxy) is 1. The average molecular weight is 676 g/mol. The van der Waals surface area contributed by atoms with Crippen molar-refractivity contribution in [3.8, 4) is 22.8 Å². The van der Waals surface area contributed by atoms with Gasteiger partial charge >= 0.3 is 0 Å². The first-order valence-electron chi connectivity index (χ1n) is 17.3. The standard InChI is InChI=1S/C39H42FN7O3/c1-25-22-46(23-26(2)42-25)24-27-7-5-8-28(17-27)29-9-6-11-34(18-29)50-39-35(19-30(40)21-41-39)37(48)43-31-12-14-32(15-13-31)44-38(49)36-20-33-10-3-4-16-47(33)45-36/h3-11,16-21,25-26,31-32,42H,12-15,22-24H2,1-2H3,(H,43,48)(H,44,49)/t25-,26+,31?,32?. The normalized spacial score (nSPS) is 21.1. The molecule has 0 bridgehead atoms. The molecule has 10 nitrogen and oxygen atoms in total. The number of rotatable bonds is 9. The highest BCUT2D eigenvalue weighted by atomic mass is 19.1. The molecule has 1 aliphatic carbocycles. The lowest BCUT2D eigenvalue weighted by Gasteiger charge is -2.36. The molecule has 0 spiro atoms. The fourth-order valence-corrected chi connectivity index (χ4v) is 7.15. The number of halogens is 1. The molecular formula is C39H42FN7O3.